The van der Waals surface area contributed by atoms with Gasteiger partial charge < -0.3 is 10.6 Å². The van der Waals surface area contributed by atoms with Crippen LogP contribution in [0.5, 0.6) is 0 Å². The van der Waals surface area contributed by atoms with E-state index in [2.05, 4.69) is 21.4 Å². The van der Waals surface area contributed by atoms with E-state index in [1.165, 1.54) is 56.8 Å². The lowest BCUT2D eigenvalue weighted by Crippen LogP contribution is -2.28. The standard InChI is InChI=1S/C20H36N2O2S2/c1-2-11-19(23)21-15-10-16-22-20(24)13-9-7-5-3-4-6-8-12-18-14-17-25-26-18/h2,11,18H,3-10,12-17H2,1H3,(H,21,23)(H,22,24). The lowest BCUT2D eigenvalue weighted by molar-refractivity contribution is -0.121. The highest BCUT2D eigenvalue weighted by molar-refractivity contribution is 8.77. The van der Waals surface area contributed by atoms with E-state index in [1.54, 1.807) is 6.08 Å². The smallest absolute Gasteiger partial charge is 0.243 e. The second kappa shape index (κ2) is 16.5. The van der Waals surface area contributed by atoms with Gasteiger partial charge in [0.1, 0.15) is 0 Å². The summed E-state index contributed by atoms with van der Waals surface area (Å²) < 4.78 is 0. The molecule has 1 aliphatic rings. The molecule has 1 fully saturated rings. The Morgan fingerprint density at radius 3 is 2.35 bits per heavy atom. The molecular formula is C20H36N2O2S2. The maximum Gasteiger partial charge on any atom is 0.243 e. The zero-order valence-corrected chi connectivity index (χ0v) is 17.9. The Kier molecular flexibility index (Phi) is 14.9. The number of hydrogen-bond acceptors (Lipinski definition) is 4. The number of carbonyl (C=O) groups excluding carboxylic acids is 2. The molecule has 2 N–H and O–H groups in total. The summed E-state index contributed by atoms with van der Waals surface area (Å²) in [6, 6.07) is 0. The fourth-order valence-electron chi connectivity index (χ4n) is 2.93. The first-order valence-electron chi connectivity index (χ1n) is 10.2. The van der Waals surface area contributed by atoms with E-state index in [9.17, 15) is 9.59 Å². The van der Waals surface area contributed by atoms with Crippen molar-refractivity contribution in [3.8, 4) is 0 Å². The summed E-state index contributed by atoms with van der Waals surface area (Å²) in [6.07, 6.45) is 16.2. The predicted octanol–water partition coefficient (Wildman–Crippen LogP) is 4.85. The second-order valence-corrected chi connectivity index (χ2v) is 9.62. The molecule has 0 aliphatic carbocycles. The molecule has 0 aromatic heterocycles. The van der Waals surface area contributed by atoms with E-state index < -0.39 is 0 Å². The van der Waals surface area contributed by atoms with Crippen LogP contribution in [-0.2, 0) is 9.59 Å². The van der Waals surface area contributed by atoms with Crippen molar-refractivity contribution in [3.05, 3.63) is 12.2 Å². The third kappa shape index (κ3) is 13.6. The van der Waals surface area contributed by atoms with E-state index >= 15 is 0 Å². The molecule has 1 atom stereocenters. The van der Waals surface area contributed by atoms with Crippen LogP contribution < -0.4 is 10.6 Å². The molecule has 4 nitrogen and oxygen atoms in total. The maximum atomic E-state index is 11.7. The molecule has 0 aromatic rings. The molecule has 0 spiro atoms. The SMILES string of the molecule is CC=CC(=O)NCCCNC(=O)CCCCCCCCCC1CCSS1. The molecule has 0 radical (unpaired) electrons. The highest BCUT2D eigenvalue weighted by Gasteiger charge is 2.15. The topological polar surface area (TPSA) is 58.2 Å². The van der Waals surface area contributed by atoms with Crippen molar-refractivity contribution in [2.24, 2.45) is 0 Å². The number of hydrogen-bond donors (Lipinski definition) is 2. The molecule has 1 saturated heterocycles. The summed E-state index contributed by atoms with van der Waals surface area (Å²) in [5, 5.41) is 6.62. The molecule has 6 heteroatoms. The van der Waals surface area contributed by atoms with Gasteiger partial charge in [0.25, 0.3) is 0 Å². The van der Waals surface area contributed by atoms with Crippen LogP contribution in [0.1, 0.15) is 77.6 Å². The number of nitrogens with one attached hydrogen (secondary N) is 2. The Hall–Kier alpha value is -0.620. The summed E-state index contributed by atoms with van der Waals surface area (Å²) in [6.45, 7) is 3.05. The van der Waals surface area contributed by atoms with Gasteiger partial charge in [-0.15, -0.1) is 0 Å². The van der Waals surface area contributed by atoms with Crippen LogP contribution in [0.25, 0.3) is 0 Å². The van der Waals surface area contributed by atoms with Gasteiger partial charge in [-0.3, -0.25) is 9.59 Å². The predicted molar refractivity (Wildman–Crippen MR) is 115 cm³/mol. The summed E-state index contributed by atoms with van der Waals surface area (Å²) in [7, 11) is 4.13. The largest absolute Gasteiger partial charge is 0.356 e. The zero-order valence-electron chi connectivity index (χ0n) is 16.3. The fourth-order valence-corrected chi connectivity index (χ4v) is 5.96. The van der Waals surface area contributed by atoms with Crippen molar-refractivity contribution < 1.29 is 9.59 Å². The van der Waals surface area contributed by atoms with Crippen LogP contribution >= 0.6 is 21.6 Å². The molecule has 1 heterocycles. The zero-order chi connectivity index (χ0) is 18.9. The molecule has 0 saturated carbocycles. The van der Waals surface area contributed by atoms with Gasteiger partial charge in [0.15, 0.2) is 0 Å². The van der Waals surface area contributed by atoms with E-state index in [0.29, 0.717) is 19.5 Å². The van der Waals surface area contributed by atoms with Crippen LogP contribution in [0.3, 0.4) is 0 Å². The lowest BCUT2D eigenvalue weighted by Gasteiger charge is -2.07. The van der Waals surface area contributed by atoms with E-state index in [-0.39, 0.29) is 11.8 Å². The van der Waals surface area contributed by atoms with Gasteiger partial charge in [-0.25, -0.2) is 0 Å². The van der Waals surface area contributed by atoms with Crippen LogP contribution in [0, 0.1) is 0 Å². The molecule has 1 aliphatic heterocycles. The van der Waals surface area contributed by atoms with Crippen molar-refractivity contribution in [1.82, 2.24) is 10.6 Å². The Labute approximate surface area is 167 Å². The highest BCUT2D eigenvalue weighted by atomic mass is 33.1. The van der Waals surface area contributed by atoms with Gasteiger partial charge in [-0.1, -0.05) is 66.2 Å². The maximum absolute atomic E-state index is 11.7. The van der Waals surface area contributed by atoms with Gasteiger partial charge in [0.2, 0.25) is 11.8 Å². The minimum Gasteiger partial charge on any atom is -0.356 e. The summed E-state index contributed by atoms with van der Waals surface area (Å²) in [4.78, 5) is 22.9. The van der Waals surface area contributed by atoms with Gasteiger partial charge in [0, 0.05) is 30.5 Å². The molecule has 26 heavy (non-hydrogen) atoms. The van der Waals surface area contributed by atoms with Crippen LogP contribution in [0.15, 0.2) is 12.2 Å². The van der Waals surface area contributed by atoms with Crippen molar-refractivity contribution in [2.45, 2.75) is 82.8 Å². The summed E-state index contributed by atoms with van der Waals surface area (Å²) in [5.41, 5.74) is 0. The highest BCUT2D eigenvalue weighted by Crippen LogP contribution is 2.39. The first kappa shape index (κ1) is 23.4. The number of rotatable bonds is 15. The Balaban J connectivity index is 1.78. The van der Waals surface area contributed by atoms with Gasteiger partial charge in [-0.2, -0.15) is 0 Å². The van der Waals surface area contributed by atoms with E-state index in [1.807, 2.05) is 17.7 Å². The fraction of sp³-hybridized carbons (Fsp3) is 0.800. The number of unbranched alkanes of at least 4 members (excludes halogenated alkanes) is 6. The van der Waals surface area contributed by atoms with Gasteiger partial charge in [-0.05, 0) is 38.7 Å². The van der Waals surface area contributed by atoms with Crippen LogP contribution in [-0.4, -0.2) is 35.9 Å². The van der Waals surface area contributed by atoms with E-state index in [4.69, 9.17) is 0 Å². The van der Waals surface area contributed by atoms with Crippen molar-refractivity contribution in [3.63, 3.8) is 0 Å². The molecular weight excluding hydrogens is 364 g/mol. The monoisotopic (exact) mass is 400 g/mol. The number of amides is 2. The number of carbonyl (C=O) groups is 2. The minimum absolute atomic E-state index is 0.0738. The third-order valence-electron chi connectivity index (χ3n) is 4.45. The quantitative estimate of drug-likeness (QED) is 0.234. The molecule has 1 unspecified atom stereocenters. The van der Waals surface area contributed by atoms with Crippen molar-refractivity contribution in [1.29, 1.82) is 0 Å². The third-order valence-corrected chi connectivity index (χ3v) is 7.46. The van der Waals surface area contributed by atoms with Crippen LogP contribution in [0.4, 0.5) is 0 Å². The molecule has 0 bridgehead atoms. The summed E-state index contributed by atoms with van der Waals surface area (Å²) in [5.74, 6) is 1.41. The molecule has 2 amide bonds. The molecule has 1 rings (SSSR count). The van der Waals surface area contributed by atoms with Crippen molar-refractivity contribution in [2.75, 3.05) is 18.8 Å². The van der Waals surface area contributed by atoms with Crippen molar-refractivity contribution >= 4 is 33.4 Å². The lowest BCUT2D eigenvalue weighted by atomic mass is 10.1. The average molecular weight is 401 g/mol. The average Bonchev–Trinajstić information content (AvgIpc) is 3.13. The minimum atomic E-state index is -0.0738. The first-order chi connectivity index (χ1) is 12.7. The number of allylic oxidation sites excluding steroid dienone is 1. The Morgan fingerprint density at radius 2 is 1.65 bits per heavy atom. The molecule has 0 aromatic carbocycles. The summed E-state index contributed by atoms with van der Waals surface area (Å²) >= 11 is 0. The first-order valence-corrected chi connectivity index (χ1v) is 12.6. The normalized spacial score (nSPS) is 16.9. The van der Waals surface area contributed by atoms with E-state index in [0.717, 1.165) is 24.5 Å². The Morgan fingerprint density at radius 1 is 0.962 bits per heavy atom. The Bertz CT molecular complexity index is 411. The second-order valence-electron chi connectivity index (χ2n) is 6.84. The van der Waals surface area contributed by atoms with Gasteiger partial charge in [0.05, 0.1) is 0 Å². The molecule has 150 valence electrons. The van der Waals surface area contributed by atoms with Crippen LogP contribution in [0.2, 0.25) is 0 Å². The van der Waals surface area contributed by atoms with Gasteiger partial charge >= 0.3 is 0 Å².